The van der Waals surface area contributed by atoms with Crippen LogP contribution in [0, 0.1) is 24.2 Å². The number of ketones is 1. The van der Waals surface area contributed by atoms with Gasteiger partial charge in [-0.15, -0.1) is 11.3 Å². The molecule has 5 atom stereocenters. The molecule has 14 heteroatoms. The molecule has 318 valence electrons. The fourth-order valence-electron chi connectivity index (χ4n) is 8.85. The van der Waals surface area contributed by atoms with E-state index < -0.39 is 44.2 Å². The van der Waals surface area contributed by atoms with Gasteiger partial charge in [-0.25, -0.2) is 18.4 Å². The van der Waals surface area contributed by atoms with Gasteiger partial charge in [-0.2, -0.15) is 0 Å². The number of amides is 2. The lowest BCUT2D eigenvalue weighted by Gasteiger charge is -2.29. The number of aryl methyl sites for hydroxylation is 1. The number of hydrogen-bond acceptors (Lipinski definition) is 11. The van der Waals surface area contributed by atoms with Crippen LogP contribution < -0.4 is 14.2 Å². The van der Waals surface area contributed by atoms with Crippen molar-refractivity contribution in [1.82, 2.24) is 24.6 Å². The van der Waals surface area contributed by atoms with Crippen molar-refractivity contribution in [1.29, 1.82) is 0 Å². The zero-order valence-corrected chi connectivity index (χ0v) is 36.7. The summed E-state index contributed by atoms with van der Waals surface area (Å²) in [6.07, 6.45) is 11.1. The Bertz CT molecular complexity index is 2430. The third-order valence-corrected chi connectivity index (χ3v) is 16.2. The zero-order valence-electron chi connectivity index (χ0n) is 35.1. The SMILES string of the molecule is COc1ccc2c(O[C@@H]3C[C@H]4C(=O)C[C@]5(C(=O)NS(=O)(=O)C6(C)CC6)C[C@H]5/C=C\CCCCC[C@H](Cc5ccccn5)C(=O)N4C3)cc(-c3nc(C(C)C)cs3)nc2c1C. The maximum Gasteiger partial charge on any atom is 0.240 e. The summed E-state index contributed by atoms with van der Waals surface area (Å²) in [6, 6.07) is 10.5. The molecule has 1 aromatic carbocycles. The number of nitrogens with one attached hydrogen (secondary N) is 1. The molecule has 1 saturated heterocycles. The van der Waals surface area contributed by atoms with E-state index in [1.54, 1.807) is 25.1 Å². The molecular formula is C46H55N5O7S2. The molecule has 0 bridgehead atoms. The first-order valence-electron chi connectivity index (χ1n) is 21.3. The molecule has 5 heterocycles. The van der Waals surface area contributed by atoms with E-state index in [1.807, 2.05) is 54.8 Å². The first kappa shape index (κ1) is 42.0. The predicted molar refractivity (Wildman–Crippen MR) is 231 cm³/mol. The highest BCUT2D eigenvalue weighted by Gasteiger charge is 2.62. The normalized spacial score (nSPS) is 26.1. The topological polar surface area (TPSA) is 158 Å². The molecule has 0 spiro atoms. The highest BCUT2D eigenvalue weighted by Crippen LogP contribution is 2.58. The number of nitrogens with zero attached hydrogens (tertiary/aromatic N) is 4. The van der Waals surface area contributed by atoms with Crippen molar-refractivity contribution in [3.8, 4) is 22.2 Å². The molecule has 2 saturated carbocycles. The molecule has 60 heavy (non-hydrogen) atoms. The Labute approximate surface area is 356 Å². The number of methoxy groups -OCH3 is 1. The number of hydrogen-bond donors (Lipinski definition) is 1. The monoisotopic (exact) mass is 853 g/mol. The van der Waals surface area contributed by atoms with E-state index in [2.05, 4.69) is 29.6 Å². The fourth-order valence-corrected chi connectivity index (χ4v) is 11.1. The summed E-state index contributed by atoms with van der Waals surface area (Å²) in [6.45, 7) is 7.95. The van der Waals surface area contributed by atoms with Gasteiger partial charge in [0.25, 0.3) is 0 Å². The molecule has 8 rings (SSSR count). The number of sulfonamides is 1. The highest BCUT2D eigenvalue weighted by atomic mass is 32.2. The molecule has 4 aromatic rings. The molecule has 3 aromatic heterocycles. The number of carbonyl (C=O) groups is 3. The third-order valence-electron chi connectivity index (χ3n) is 13.1. The van der Waals surface area contributed by atoms with Crippen molar-refractivity contribution in [3.05, 3.63) is 77.1 Å². The summed E-state index contributed by atoms with van der Waals surface area (Å²) >= 11 is 1.52. The minimum atomic E-state index is -3.93. The quantitative estimate of drug-likeness (QED) is 0.156. The van der Waals surface area contributed by atoms with Gasteiger partial charge in [0.15, 0.2) is 5.78 Å². The number of rotatable bonds is 10. The van der Waals surface area contributed by atoms with Gasteiger partial charge in [0.1, 0.15) is 28.3 Å². The van der Waals surface area contributed by atoms with Crippen molar-refractivity contribution >= 4 is 49.9 Å². The Morgan fingerprint density at radius 3 is 2.62 bits per heavy atom. The van der Waals surface area contributed by atoms with E-state index in [0.29, 0.717) is 54.8 Å². The Morgan fingerprint density at radius 1 is 1.08 bits per heavy atom. The Hall–Kier alpha value is -4.69. The van der Waals surface area contributed by atoms with Gasteiger partial charge in [0.05, 0.1) is 41.1 Å². The van der Waals surface area contributed by atoms with E-state index in [-0.39, 0.29) is 42.9 Å². The summed E-state index contributed by atoms with van der Waals surface area (Å²) in [7, 11) is -2.31. The molecule has 1 N–H and O–H groups in total. The van der Waals surface area contributed by atoms with Crippen molar-refractivity contribution < 1.29 is 32.3 Å². The lowest BCUT2D eigenvalue weighted by atomic mass is 9.90. The van der Waals surface area contributed by atoms with Crippen LogP contribution >= 0.6 is 11.3 Å². The lowest BCUT2D eigenvalue weighted by molar-refractivity contribution is -0.142. The third kappa shape index (κ3) is 8.33. The smallest absolute Gasteiger partial charge is 0.240 e. The fraction of sp³-hybridized carbons (Fsp3) is 0.522. The van der Waals surface area contributed by atoms with Gasteiger partial charge in [0.2, 0.25) is 21.8 Å². The summed E-state index contributed by atoms with van der Waals surface area (Å²) < 4.78 is 40.6. The Morgan fingerprint density at radius 2 is 1.90 bits per heavy atom. The van der Waals surface area contributed by atoms with Gasteiger partial charge in [-0.3, -0.25) is 24.1 Å². The second kappa shape index (κ2) is 16.6. The Balaban J connectivity index is 1.15. The zero-order chi connectivity index (χ0) is 42.4. The van der Waals surface area contributed by atoms with Crippen LogP contribution in [-0.4, -0.2) is 76.4 Å². The van der Waals surface area contributed by atoms with E-state index in [1.165, 1.54) is 11.3 Å². The molecule has 2 aliphatic carbocycles. The van der Waals surface area contributed by atoms with Gasteiger partial charge in [-0.05, 0) is 88.5 Å². The number of ether oxygens (including phenoxy) is 2. The van der Waals surface area contributed by atoms with Crippen LogP contribution in [0.5, 0.6) is 11.5 Å². The van der Waals surface area contributed by atoms with Crippen LogP contribution in [0.2, 0.25) is 0 Å². The maximum absolute atomic E-state index is 14.9. The second-order valence-corrected chi connectivity index (χ2v) is 20.8. The largest absolute Gasteiger partial charge is 0.496 e. The molecule has 2 aliphatic heterocycles. The van der Waals surface area contributed by atoms with Crippen LogP contribution in [-0.2, 0) is 30.8 Å². The standard InChI is InChI=1S/C46H55N5O7S2/c1-28(2)36-27-59-42(49-36)35-23-40(34-16-17-39(57-5)29(3)41(34)48-35)58-33-22-37-38(52)25-46(44(54)50-60(55,56)45(4)18-19-45)24-31(46)14-10-8-6-7-9-13-30(43(53)51(37)26-33)21-32-15-11-12-20-47-32/h10-12,14-17,20,23,27-28,30-31,33,37H,6-9,13,18-19,21-22,24-26H2,1-5H3,(H,50,54)/b14-10-/t30-,31-,33-,37+,46-/m1/s1. The number of Topliss-reactive ketones (excluding diaryl/α,β-unsaturated/α-hetero) is 1. The maximum atomic E-state index is 14.9. The number of aromatic nitrogens is 3. The average Bonchev–Trinajstić information content (AvgIpc) is 4.00. The first-order chi connectivity index (χ1) is 28.7. The number of fused-ring (bicyclic) bond motifs is 3. The van der Waals surface area contributed by atoms with Crippen molar-refractivity contribution in [2.24, 2.45) is 17.3 Å². The van der Waals surface area contributed by atoms with Crippen LogP contribution in [0.1, 0.15) is 108 Å². The average molecular weight is 854 g/mol. The number of carbonyl (C=O) groups excluding carboxylic acids is 3. The second-order valence-electron chi connectivity index (χ2n) is 17.8. The number of benzene rings is 1. The summed E-state index contributed by atoms with van der Waals surface area (Å²) in [5, 5.41) is 3.56. The van der Waals surface area contributed by atoms with Crippen molar-refractivity contribution in [2.75, 3.05) is 13.7 Å². The van der Waals surface area contributed by atoms with Gasteiger partial charge in [0, 0.05) is 59.5 Å². The van der Waals surface area contributed by atoms with E-state index in [9.17, 15) is 22.8 Å². The number of allylic oxidation sites excluding steroid dienone is 2. The van der Waals surface area contributed by atoms with Gasteiger partial charge < -0.3 is 14.4 Å². The first-order valence-corrected chi connectivity index (χ1v) is 23.7. The van der Waals surface area contributed by atoms with E-state index in [4.69, 9.17) is 19.4 Å². The van der Waals surface area contributed by atoms with Crippen LogP contribution in [0.4, 0.5) is 0 Å². The van der Waals surface area contributed by atoms with Crippen molar-refractivity contribution in [2.45, 2.75) is 121 Å². The lowest BCUT2D eigenvalue weighted by Crippen LogP contribution is -2.47. The Kier molecular flexibility index (Phi) is 11.7. The van der Waals surface area contributed by atoms with Gasteiger partial charge >= 0.3 is 0 Å². The molecule has 0 radical (unpaired) electrons. The molecule has 2 amide bonds. The molecule has 3 fully saturated rings. The van der Waals surface area contributed by atoms with Crippen molar-refractivity contribution in [3.63, 3.8) is 0 Å². The summed E-state index contributed by atoms with van der Waals surface area (Å²) in [4.78, 5) is 60.0. The number of pyridine rings is 2. The van der Waals surface area contributed by atoms with E-state index >= 15 is 0 Å². The highest BCUT2D eigenvalue weighted by molar-refractivity contribution is 7.91. The molecule has 12 nitrogen and oxygen atoms in total. The van der Waals surface area contributed by atoms with Gasteiger partial charge in [-0.1, -0.05) is 44.9 Å². The predicted octanol–water partition coefficient (Wildman–Crippen LogP) is 7.89. The summed E-state index contributed by atoms with van der Waals surface area (Å²) in [5.74, 6) is -0.268. The molecule has 4 aliphatic rings. The minimum Gasteiger partial charge on any atom is -0.496 e. The number of thiazole rings is 1. The molecule has 0 unspecified atom stereocenters. The minimum absolute atomic E-state index is 0.141. The van der Waals surface area contributed by atoms with Crippen LogP contribution in [0.3, 0.4) is 0 Å². The van der Waals surface area contributed by atoms with Crippen LogP contribution in [0.25, 0.3) is 21.6 Å². The van der Waals surface area contributed by atoms with E-state index in [0.717, 1.165) is 53.0 Å². The molecular weight excluding hydrogens is 799 g/mol. The summed E-state index contributed by atoms with van der Waals surface area (Å²) in [5.41, 5.74) is 2.75. The van der Waals surface area contributed by atoms with Crippen LogP contribution in [0.15, 0.2) is 60.1 Å².